The second kappa shape index (κ2) is 8.52. The van der Waals surface area contributed by atoms with Crippen LogP contribution >= 0.6 is 15.9 Å². The van der Waals surface area contributed by atoms with Gasteiger partial charge in [0.1, 0.15) is 0 Å². The first-order valence-corrected chi connectivity index (χ1v) is 7.00. The summed E-state index contributed by atoms with van der Waals surface area (Å²) in [6.07, 6.45) is 11.7. The van der Waals surface area contributed by atoms with Crippen LogP contribution in [-0.2, 0) is 0 Å². The van der Waals surface area contributed by atoms with Crippen LogP contribution in [-0.4, -0.2) is 5.33 Å². The summed E-state index contributed by atoms with van der Waals surface area (Å²) < 4.78 is 0. The zero-order chi connectivity index (χ0) is 10.9. The number of halogens is 1. The monoisotopic (exact) mass is 260 g/mol. The average Bonchev–Trinajstić information content (AvgIpc) is 2.23. The molecule has 84 valence electrons. The molecule has 0 saturated carbocycles. The molecule has 0 fully saturated rings. The Hall–Kier alpha value is 0.220. The van der Waals surface area contributed by atoms with Crippen molar-refractivity contribution in [1.82, 2.24) is 0 Å². The van der Waals surface area contributed by atoms with Crippen molar-refractivity contribution in [2.24, 2.45) is 5.41 Å². The average molecular weight is 261 g/mol. The first kappa shape index (κ1) is 14.2. The molecular formula is C13H25Br. The maximum atomic E-state index is 3.90. The van der Waals surface area contributed by atoms with Gasteiger partial charge in [-0.25, -0.2) is 0 Å². The molecule has 0 heterocycles. The highest BCUT2D eigenvalue weighted by molar-refractivity contribution is 9.09. The van der Waals surface area contributed by atoms with Gasteiger partial charge in [-0.1, -0.05) is 74.4 Å². The van der Waals surface area contributed by atoms with E-state index in [0.29, 0.717) is 5.41 Å². The molecule has 0 aliphatic carbocycles. The van der Waals surface area contributed by atoms with Crippen molar-refractivity contribution in [3.8, 4) is 0 Å². The Kier molecular flexibility index (Phi) is 8.66. The standard InChI is InChI=1S/C13H25Br/c1-4-6-7-8-9-10-11-13(3,5-2)12-14/h5H,2,4,6-12H2,1,3H3. The van der Waals surface area contributed by atoms with Crippen LogP contribution in [0.25, 0.3) is 0 Å². The van der Waals surface area contributed by atoms with Gasteiger partial charge in [-0.3, -0.25) is 0 Å². The Labute approximate surface area is 98.3 Å². The molecule has 0 aromatic rings. The molecule has 0 aliphatic heterocycles. The van der Waals surface area contributed by atoms with Crippen LogP contribution in [0.1, 0.15) is 58.8 Å². The van der Waals surface area contributed by atoms with Crippen molar-refractivity contribution in [3.05, 3.63) is 12.7 Å². The SMILES string of the molecule is C=CC(C)(CBr)CCCCCCCC. The molecule has 0 N–H and O–H groups in total. The Morgan fingerprint density at radius 1 is 1.14 bits per heavy atom. The Morgan fingerprint density at radius 3 is 2.21 bits per heavy atom. The van der Waals surface area contributed by atoms with Gasteiger partial charge >= 0.3 is 0 Å². The second-order valence-corrected chi connectivity index (χ2v) is 5.07. The van der Waals surface area contributed by atoms with Crippen LogP contribution in [0.15, 0.2) is 12.7 Å². The van der Waals surface area contributed by atoms with Crippen molar-refractivity contribution in [1.29, 1.82) is 0 Å². The minimum atomic E-state index is 0.310. The van der Waals surface area contributed by atoms with Crippen molar-refractivity contribution in [2.75, 3.05) is 5.33 Å². The molecule has 0 bridgehead atoms. The molecule has 0 saturated heterocycles. The van der Waals surface area contributed by atoms with Gasteiger partial charge in [0, 0.05) is 5.33 Å². The summed E-state index contributed by atoms with van der Waals surface area (Å²) in [4.78, 5) is 0. The van der Waals surface area contributed by atoms with Crippen molar-refractivity contribution in [3.63, 3.8) is 0 Å². The number of allylic oxidation sites excluding steroid dienone is 1. The van der Waals surface area contributed by atoms with Crippen LogP contribution in [0.5, 0.6) is 0 Å². The maximum Gasteiger partial charge on any atom is 0.0120 e. The zero-order valence-corrected chi connectivity index (χ0v) is 11.4. The molecule has 0 aliphatic rings. The molecule has 0 aromatic carbocycles. The normalized spacial score (nSPS) is 15.1. The maximum absolute atomic E-state index is 3.90. The molecule has 0 aromatic heterocycles. The first-order chi connectivity index (χ1) is 6.68. The predicted molar refractivity (Wildman–Crippen MR) is 70.1 cm³/mol. The van der Waals surface area contributed by atoms with E-state index < -0.39 is 0 Å². The molecule has 0 rings (SSSR count). The molecule has 14 heavy (non-hydrogen) atoms. The van der Waals surface area contributed by atoms with Crippen LogP contribution in [0.4, 0.5) is 0 Å². The van der Waals surface area contributed by atoms with Gasteiger partial charge in [-0.2, -0.15) is 0 Å². The highest BCUT2D eigenvalue weighted by Crippen LogP contribution is 2.28. The lowest BCUT2D eigenvalue weighted by Crippen LogP contribution is -2.14. The summed E-state index contributed by atoms with van der Waals surface area (Å²) in [6.45, 7) is 8.44. The van der Waals surface area contributed by atoms with E-state index in [4.69, 9.17) is 0 Å². The molecular weight excluding hydrogens is 236 g/mol. The highest BCUT2D eigenvalue weighted by atomic mass is 79.9. The summed E-state index contributed by atoms with van der Waals surface area (Å²) in [6, 6.07) is 0. The topological polar surface area (TPSA) is 0 Å². The number of unbranched alkanes of at least 4 members (excludes halogenated alkanes) is 5. The van der Waals surface area contributed by atoms with Crippen LogP contribution in [0.2, 0.25) is 0 Å². The van der Waals surface area contributed by atoms with Gasteiger partial charge in [0.25, 0.3) is 0 Å². The van der Waals surface area contributed by atoms with Gasteiger partial charge in [0.15, 0.2) is 0 Å². The van der Waals surface area contributed by atoms with Gasteiger partial charge in [0.2, 0.25) is 0 Å². The molecule has 1 unspecified atom stereocenters. The Bertz CT molecular complexity index is 142. The molecule has 0 nitrogen and oxygen atoms in total. The minimum absolute atomic E-state index is 0.310. The third-order valence-electron chi connectivity index (χ3n) is 2.90. The second-order valence-electron chi connectivity index (χ2n) is 4.51. The Balaban J connectivity index is 3.38. The van der Waals surface area contributed by atoms with E-state index >= 15 is 0 Å². The lowest BCUT2D eigenvalue weighted by molar-refractivity contribution is 0.419. The van der Waals surface area contributed by atoms with Gasteiger partial charge in [-0.05, 0) is 11.8 Å². The molecule has 1 atom stereocenters. The molecule has 0 amide bonds. The number of hydrogen-bond acceptors (Lipinski definition) is 0. The largest absolute Gasteiger partial charge is 0.103 e. The lowest BCUT2D eigenvalue weighted by Gasteiger charge is -2.22. The Morgan fingerprint density at radius 2 is 1.71 bits per heavy atom. The molecule has 0 radical (unpaired) electrons. The predicted octanol–water partition coefficient (Wildman–Crippen LogP) is 5.32. The summed E-state index contributed by atoms with van der Waals surface area (Å²) in [5.41, 5.74) is 0.310. The van der Waals surface area contributed by atoms with E-state index in [9.17, 15) is 0 Å². The highest BCUT2D eigenvalue weighted by Gasteiger charge is 2.17. The summed E-state index contributed by atoms with van der Waals surface area (Å²) in [5, 5.41) is 1.04. The minimum Gasteiger partial charge on any atom is -0.103 e. The fourth-order valence-electron chi connectivity index (χ4n) is 1.53. The number of hydrogen-bond donors (Lipinski definition) is 0. The van der Waals surface area contributed by atoms with E-state index in [1.54, 1.807) is 0 Å². The van der Waals surface area contributed by atoms with Crippen molar-refractivity contribution >= 4 is 15.9 Å². The summed E-state index contributed by atoms with van der Waals surface area (Å²) >= 11 is 3.55. The van der Waals surface area contributed by atoms with E-state index in [1.807, 2.05) is 0 Å². The smallest absolute Gasteiger partial charge is 0.0120 e. The molecule has 1 heteroatoms. The fourth-order valence-corrected chi connectivity index (χ4v) is 2.04. The zero-order valence-electron chi connectivity index (χ0n) is 9.82. The third-order valence-corrected chi connectivity index (χ3v) is 4.18. The van der Waals surface area contributed by atoms with E-state index in [1.165, 1.54) is 44.9 Å². The summed E-state index contributed by atoms with van der Waals surface area (Å²) in [5.74, 6) is 0. The van der Waals surface area contributed by atoms with Gasteiger partial charge in [0.05, 0.1) is 0 Å². The summed E-state index contributed by atoms with van der Waals surface area (Å²) in [7, 11) is 0. The first-order valence-electron chi connectivity index (χ1n) is 5.88. The van der Waals surface area contributed by atoms with E-state index in [2.05, 4.69) is 42.4 Å². The lowest BCUT2D eigenvalue weighted by atomic mass is 9.87. The van der Waals surface area contributed by atoms with Gasteiger partial charge < -0.3 is 0 Å². The fraction of sp³-hybridized carbons (Fsp3) is 0.846. The van der Waals surface area contributed by atoms with Crippen LogP contribution in [0, 0.1) is 5.41 Å². The molecule has 0 spiro atoms. The van der Waals surface area contributed by atoms with Crippen LogP contribution < -0.4 is 0 Å². The quantitative estimate of drug-likeness (QED) is 0.299. The van der Waals surface area contributed by atoms with E-state index in [0.717, 1.165) is 5.33 Å². The van der Waals surface area contributed by atoms with Gasteiger partial charge in [-0.15, -0.1) is 6.58 Å². The van der Waals surface area contributed by atoms with Crippen molar-refractivity contribution in [2.45, 2.75) is 58.8 Å². The van der Waals surface area contributed by atoms with Crippen LogP contribution in [0.3, 0.4) is 0 Å². The van der Waals surface area contributed by atoms with Crippen molar-refractivity contribution < 1.29 is 0 Å². The number of alkyl halides is 1. The number of rotatable bonds is 9. The van der Waals surface area contributed by atoms with E-state index in [-0.39, 0.29) is 0 Å². The third kappa shape index (κ3) is 6.64.